The van der Waals surface area contributed by atoms with Crippen molar-refractivity contribution < 1.29 is 14.0 Å². The fourth-order valence-corrected chi connectivity index (χ4v) is 2.79. The Labute approximate surface area is 151 Å². The average Bonchev–Trinajstić information content (AvgIpc) is 2.61. The molecular formula is C19H21FN2O2S. The first kappa shape index (κ1) is 19.0. The smallest absolute Gasteiger partial charge is 0.251 e. The summed E-state index contributed by atoms with van der Waals surface area (Å²) in [6, 6.07) is 12.3. The number of anilines is 1. The lowest BCUT2D eigenvalue weighted by molar-refractivity contribution is -0.118. The molecule has 2 amide bonds. The van der Waals surface area contributed by atoms with Crippen molar-refractivity contribution in [2.24, 2.45) is 0 Å². The second kappa shape index (κ2) is 9.22. The molecule has 2 rings (SSSR count). The van der Waals surface area contributed by atoms with Crippen LogP contribution < -0.4 is 10.6 Å². The van der Waals surface area contributed by atoms with E-state index in [4.69, 9.17) is 0 Å². The summed E-state index contributed by atoms with van der Waals surface area (Å²) in [6.45, 7) is 1.72. The molecule has 0 heterocycles. The van der Waals surface area contributed by atoms with Gasteiger partial charge >= 0.3 is 0 Å². The van der Waals surface area contributed by atoms with Crippen LogP contribution in [0.3, 0.4) is 0 Å². The number of hydrogen-bond acceptors (Lipinski definition) is 3. The lowest BCUT2D eigenvalue weighted by Gasteiger charge is -2.19. The summed E-state index contributed by atoms with van der Waals surface area (Å²) in [5.41, 5.74) is 1.67. The highest BCUT2D eigenvalue weighted by Gasteiger charge is 2.21. The second-order valence-corrected chi connectivity index (χ2v) is 6.61. The van der Waals surface area contributed by atoms with Crippen molar-refractivity contribution in [3.8, 4) is 0 Å². The van der Waals surface area contributed by atoms with Crippen molar-refractivity contribution >= 4 is 29.3 Å². The average molecular weight is 360 g/mol. The fraction of sp³-hybridized carbons (Fsp3) is 0.263. The Morgan fingerprint density at radius 3 is 2.52 bits per heavy atom. The minimum Gasteiger partial charge on any atom is -0.340 e. The van der Waals surface area contributed by atoms with Gasteiger partial charge in [0.05, 0.1) is 0 Å². The molecule has 0 saturated heterocycles. The minimum absolute atomic E-state index is 0.294. The van der Waals surface area contributed by atoms with E-state index in [1.165, 1.54) is 18.2 Å². The summed E-state index contributed by atoms with van der Waals surface area (Å²) in [5.74, 6) is -0.229. The molecule has 2 aromatic rings. The molecule has 0 radical (unpaired) electrons. The third kappa shape index (κ3) is 5.60. The van der Waals surface area contributed by atoms with Crippen molar-refractivity contribution in [2.45, 2.75) is 19.4 Å². The van der Waals surface area contributed by atoms with E-state index in [-0.39, 0.29) is 17.6 Å². The molecule has 0 aliphatic heterocycles. The van der Waals surface area contributed by atoms with E-state index in [1.807, 2.05) is 12.3 Å². The number of nitrogens with one attached hydrogen (secondary N) is 2. The summed E-state index contributed by atoms with van der Waals surface area (Å²) < 4.78 is 13.2. The maximum atomic E-state index is 13.2. The zero-order chi connectivity index (χ0) is 18.2. The Kier molecular flexibility index (Phi) is 7.01. The summed E-state index contributed by atoms with van der Waals surface area (Å²) in [6.07, 6.45) is 2.45. The summed E-state index contributed by atoms with van der Waals surface area (Å²) in [5, 5.41) is 5.55. The van der Waals surface area contributed by atoms with Crippen molar-refractivity contribution in [3.63, 3.8) is 0 Å². The minimum atomic E-state index is -0.662. The first-order valence-electron chi connectivity index (χ1n) is 7.93. The number of hydrogen-bond donors (Lipinski definition) is 2. The maximum absolute atomic E-state index is 13.2. The molecule has 25 heavy (non-hydrogen) atoms. The monoisotopic (exact) mass is 360 g/mol. The molecule has 0 aliphatic rings. The Hall–Kier alpha value is -2.34. The molecule has 1 atom stereocenters. The van der Waals surface area contributed by atoms with Crippen LogP contribution in [-0.4, -0.2) is 29.9 Å². The van der Waals surface area contributed by atoms with Crippen LogP contribution in [0.15, 0.2) is 48.5 Å². The van der Waals surface area contributed by atoms with Crippen LogP contribution in [0.25, 0.3) is 0 Å². The molecule has 0 unspecified atom stereocenters. The van der Waals surface area contributed by atoms with Crippen molar-refractivity contribution in [1.82, 2.24) is 5.32 Å². The molecule has 0 saturated carbocycles. The number of carbonyl (C=O) groups is 2. The lowest BCUT2D eigenvalue weighted by Crippen LogP contribution is -2.44. The third-order valence-corrected chi connectivity index (χ3v) is 4.36. The molecule has 4 nitrogen and oxygen atoms in total. The molecule has 0 bridgehead atoms. The van der Waals surface area contributed by atoms with Crippen LogP contribution in [0.4, 0.5) is 10.1 Å². The summed E-state index contributed by atoms with van der Waals surface area (Å²) >= 11 is 1.60. The van der Waals surface area contributed by atoms with Crippen LogP contribution in [0.2, 0.25) is 0 Å². The maximum Gasteiger partial charge on any atom is 0.251 e. The molecule has 6 heteroatoms. The van der Waals surface area contributed by atoms with Crippen LogP contribution in [0, 0.1) is 12.7 Å². The third-order valence-electron chi connectivity index (χ3n) is 3.71. The number of rotatable bonds is 7. The Morgan fingerprint density at radius 1 is 1.16 bits per heavy atom. The van der Waals surface area contributed by atoms with Gasteiger partial charge in [0, 0.05) is 11.3 Å². The first-order valence-corrected chi connectivity index (χ1v) is 9.32. The van der Waals surface area contributed by atoms with Gasteiger partial charge in [0.25, 0.3) is 5.91 Å². The van der Waals surface area contributed by atoms with Gasteiger partial charge in [-0.2, -0.15) is 11.8 Å². The zero-order valence-corrected chi connectivity index (χ0v) is 15.0. The van der Waals surface area contributed by atoms with Crippen molar-refractivity contribution in [2.75, 3.05) is 17.3 Å². The van der Waals surface area contributed by atoms with Gasteiger partial charge in [0.1, 0.15) is 11.9 Å². The predicted molar refractivity (Wildman–Crippen MR) is 100 cm³/mol. The van der Waals surface area contributed by atoms with E-state index in [0.29, 0.717) is 23.2 Å². The highest BCUT2D eigenvalue weighted by molar-refractivity contribution is 7.98. The Balaban J connectivity index is 2.10. The quantitative estimate of drug-likeness (QED) is 0.793. The molecule has 0 aromatic heterocycles. The number of benzene rings is 2. The highest BCUT2D eigenvalue weighted by atomic mass is 32.2. The number of thioether (sulfide) groups is 1. The normalized spacial score (nSPS) is 11.6. The standard InChI is InChI=1S/C19H21FN2O2S/c1-13-12-15(20)8-9-16(13)21-19(24)17(10-11-25-2)22-18(23)14-6-4-3-5-7-14/h3-9,12,17H,10-11H2,1-2H3,(H,21,24)(H,22,23)/t17-/m0/s1. The Bertz CT molecular complexity index is 737. The van der Waals surface area contributed by atoms with Crippen molar-refractivity contribution in [1.29, 1.82) is 0 Å². The molecule has 2 N–H and O–H groups in total. The second-order valence-electron chi connectivity index (χ2n) is 5.62. The van der Waals surface area contributed by atoms with Crippen LogP contribution >= 0.6 is 11.8 Å². The molecule has 2 aromatic carbocycles. The van der Waals surface area contributed by atoms with E-state index in [9.17, 15) is 14.0 Å². The lowest BCUT2D eigenvalue weighted by atomic mass is 10.1. The summed E-state index contributed by atoms with van der Waals surface area (Å²) in [4.78, 5) is 24.9. The number of amides is 2. The zero-order valence-electron chi connectivity index (χ0n) is 14.2. The number of aryl methyl sites for hydroxylation is 1. The van der Waals surface area contributed by atoms with Crippen molar-refractivity contribution in [3.05, 3.63) is 65.5 Å². The SMILES string of the molecule is CSCC[C@H](NC(=O)c1ccccc1)C(=O)Nc1ccc(F)cc1C. The van der Waals surface area contributed by atoms with Gasteiger partial charge in [0.15, 0.2) is 0 Å². The van der Waals surface area contributed by atoms with Gasteiger partial charge in [-0.15, -0.1) is 0 Å². The number of carbonyl (C=O) groups excluding carboxylic acids is 2. The van der Waals surface area contributed by atoms with Crippen LogP contribution in [0.1, 0.15) is 22.3 Å². The predicted octanol–water partition coefficient (Wildman–Crippen LogP) is 3.62. The fourth-order valence-electron chi connectivity index (χ4n) is 2.32. The van der Waals surface area contributed by atoms with Crippen LogP contribution in [-0.2, 0) is 4.79 Å². The molecule has 0 spiro atoms. The molecule has 0 aliphatic carbocycles. The molecular weight excluding hydrogens is 339 g/mol. The van der Waals surface area contributed by atoms with Gasteiger partial charge in [-0.05, 0) is 61.2 Å². The van der Waals surface area contributed by atoms with E-state index < -0.39 is 6.04 Å². The first-order chi connectivity index (χ1) is 12.0. The van der Waals surface area contributed by atoms with Crippen LogP contribution in [0.5, 0.6) is 0 Å². The van der Waals surface area contributed by atoms with Gasteiger partial charge in [0.2, 0.25) is 5.91 Å². The van der Waals surface area contributed by atoms with E-state index in [2.05, 4.69) is 10.6 Å². The Morgan fingerprint density at radius 2 is 1.88 bits per heavy atom. The van der Waals surface area contributed by atoms with Gasteiger partial charge in [-0.3, -0.25) is 9.59 Å². The van der Waals surface area contributed by atoms with E-state index >= 15 is 0 Å². The molecule has 132 valence electrons. The highest BCUT2D eigenvalue weighted by Crippen LogP contribution is 2.16. The van der Waals surface area contributed by atoms with Gasteiger partial charge in [-0.25, -0.2) is 4.39 Å². The largest absolute Gasteiger partial charge is 0.340 e. The topological polar surface area (TPSA) is 58.2 Å². The number of halogens is 1. The van der Waals surface area contributed by atoms with Gasteiger partial charge in [-0.1, -0.05) is 18.2 Å². The van der Waals surface area contributed by atoms with E-state index in [1.54, 1.807) is 43.0 Å². The van der Waals surface area contributed by atoms with Gasteiger partial charge < -0.3 is 10.6 Å². The summed E-state index contributed by atoms with van der Waals surface area (Å²) in [7, 11) is 0. The molecule has 0 fully saturated rings. The van der Waals surface area contributed by atoms with E-state index in [0.717, 1.165) is 5.75 Å².